The highest BCUT2D eigenvalue weighted by Crippen LogP contribution is 2.55. The Bertz CT molecular complexity index is 945. The van der Waals surface area contributed by atoms with Crippen molar-refractivity contribution < 1.29 is 28.4 Å². The van der Waals surface area contributed by atoms with Crippen LogP contribution >= 0.6 is 0 Å². The van der Waals surface area contributed by atoms with E-state index in [1.54, 1.807) is 21.3 Å². The van der Waals surface area contributed by atoms with Crippen LogP contribution < -0.4 is 18.9 Å². The van der Waals surface area contributed by atoms with Gasteiger partial charge in [-0.05, 0) is 48.4 Å². The summed E-state index contributed by atoms with van der Waals surface area (Å²) in [6.45, 7) is 1.10. The fraction of sp³-hybridized carbons (Fsp3) is 0.455. The maximum Gasteiger partial charge on any atom is 0.231 e. The molecule has 0 spiro atoms. The number of ether oxygens (including phenoxy) is 6. The third kappa shape index (κ3) is 2.76. The molecule has 3 unspecified atom stereocenters. The van der Waals surface area contributed by atoms with Crippen molar-refractivity contribution in [2.75, 3.05) is 41.7 Å². The van der Waals surface area contributed by atoms with Crippen LogP contribution in [0.25, 0.3) is 0 Å². The molecule has 7 heteroatoms. The second-order valence-electron chi connectivity index (χ2n) is 7.51. The van der Waals surface area contributed by atoms with Crippen molar-refractivity contribution in [3.8, 4) is 23.0 Å². The molecule has 154 valence electrons. The largest absolute Gasteiger partial charge is 0.493 e. The molecule has 0 bridgehead atoms. The quantitative estimate of drug-likeness (QED) is 0.784. The third-order valence-electron chi connectivity index (χ3n) is 6.10. The van der Waals surface area contributed by atoms with Gasteiger partial charge in [-0.15, -0.1) is 0 Å². The number of nitrogens with zero attached hydrogens (tertiary/aromatic N) is 1. The normalized spacial score (nSPS) is 24.9. The van der Waals surface area contributed by atoms with E-state index in [-0.39, 0.29) is 18.9 Å². The van der Waals surface area contributed by atoms with Gasteiger partial charge in [-0.25, -0.2) is 0 Å². The minimum atomic E-state index is -0.546. The number of fused-ring (bicyclic) bond motifs is 7. The van der Waals surface area contributed by atoms with Crippen molar-refractivity contribution in [1.29, 1.82) is 0 Å². The van der Waals surface area contributed by atoms with Crippen molar-refractivity contribution >= 4 is 0 Å². The molecule has 0 aliphatic carbocycles. The van der Waals surface area contributed by atoms with Crippen molar-refractivity contribution in [2.45, 2.75) is 24.9 Å². The van der Waals surface area contributed by atoms with E-state index >= 15 is 0 Å². The summed E-state index contributed by atoms with van der Waals surface area (Å²) in [7, 11) is 7.09. The van der Waals surface area contributed by atoms with Crippen LogP contribution in [0.4, 0.5) is 0 Å². The lowest BCUT2D eigenvalue weighted by atomic mass is 9.87. The molecule has 5 rings (SSSR count). The maximum absolute atomic E-state index is 6.55. The molecular formula is C22H25NO6. The maximum atomic E-state index is 6.55. The molecule has 0 amide bonds. The van der Waals surface area contributed by atoms with Gasteiger partial charge in [-0.2, -0.15) is 0 Å². The lowest BCUT2D eigenvalue weighted by molar-refractivity contribution is -0.190. The van der Waals surface area contributed by atoms with Gasteiger partial charge in [0.15, 0.2) is 29.3 Å². The number of hydrogen-bond acceptors (Lipinski definition) is 7. The molecule has 0 saturated carbocycles. The van der Waals surface area contributed by atoms with Crippen LogP contribution in [0.1, 0.15) is 40.7 Å². The van der Waals surface area contributed by atoms with Gasteiger partial charge in [0.2, 0.25) is 6.79 Å². The van der Waals surface area contributed by atoms with Crippen molar-refractivity contribution in [2.24, 2.45) is 0 Å². The fourth-order valence-electron chi connectivity index (χ4n) is 4.69. The van der Waals surface area contributed by atoms with E-state index in [0.717, 1.165) is 46.9 Å². The van der Waals surface area contributed by atoms with E-state index in [9.17, 15) is 0 Å². The highest BCUT2D eigenvalue weighted by Gasteiger charge is 2.44. The molecule has 0 saturated heterocycles. The second kappa shape index (κ2) is 7.09. The lowest BCUT2D eigenvalue weighted by Crippen LogP contribution is -2.35. The Morgan fingerprint density at radius 2 is 1.79 bits per heavy atom. The Labute approximate surface area is 170 Å². The summed E-state index contributed by atoms with van der Waals surface area (Å²) >= 11 is 0. The SMILES string of the molecule is COc1cc2c(cc1OC)C1OC(OC)c3c(ccc4c3OCO4)C1N(C)CC2. The highest BCUT2D eigenvalue weighted by atomic mass is 16.7. The molecule has 3 aliphatic heterocycles. The van der Waals surface area contributed by atoms with Crippen LogP contribution in [-0.4, -0.2) is 46.6 Å². The standard InChI is InChI=1S/C22H25NO6/c1-23-8-7-12-9-16(24-2)17(25-3)10-14(12)20-19(23)13-5-6-15-21(28-11-27-15)18(13)22(26-4)29-20/h5-6,9-10,19-20,22H,7-8,11H2,1-4H3. The average molecular weight is 399 g/mol. The minimum absolute atomic E-state index is 0.0188. The zero-order valence-electron chi connectivity index (χ0n) is 17.1. The topological polar surface area (TPSA) is 58.6 Å². The van der Waals surface area contributed by atoms with Gasteiger partial charge in [-0.1, -0.05) is 6.07 Å². The van der Waals surface area contributed by atoms with Crippen molar-refractivity contribution in [3.05, 3.63) is 46.5 Å². The van der Waals surface area contributed by atoms with Crippen LogP contribution in [0.2, 0.25) is 0 Å². The molecule has 2 aromatic rings. The molecular weight excluding hydrogens is 374 g/mol. The Morgan fingerprint density at radius 1 is 1.00 bits per heavy atom. The lowest BCUT2D eigenvalue weighted by Gasteiger charge is -2.41. The number of methoxy groups -OCH3 is 3. The van der Waals surface area contributed by atoms with Crippen molar-refractivity contribution in [3.63, 3.8) is 0 Å². The van der Waals surface area contributed by atoms with Crippen LogP contribution in [0.3, 0.4) is 0 Å². The van der Waals surface area contributed by atoms with Crippen LogP contribution in [0.5, 0.6) is 23.0 Å². The van der Waals surface area contributed by atoms with Crippen LogP contribution in [0.15, 0.2) is 24.3 Å². The van der Waals surface area contributed by atoms with E-state index in [4.69, 9.17) is 28.4 Å². The van der Waals surface area contributed by atoms with Crippen LogP contribution in [-0.2, 0) is 15.9 Å². The van der Waals surface area contributed by atoms with Gasteiger partial charge in [0, 0.05) is 13.7 Å². The van der Waals surface area contributed by atoms with Crippen LogP contribution in [0, 0.1) is 0 Å². The van der Waals surface area contributed by atoms with E-state index in [0.29, 0.717) is 5.75 Å². The molecule has 0 radical (unpaired) electrons. The summed E-state index contributed by atoms with van der Waals surface area (Å²) in [5.41, 5.74) is 4.35. The van der Waals surface area contributed by atoms with E-state index in [1.807, 2.05) is 12.1 Å². The number of rotatable bonds is 3. The summed E-state index contributed by atoms with van der Waals surface area (Å²) in [6, 6.07) is 8.20. The summed E-state index contributed by atoms with van der Waals surface area (Å²) in [5, 5.41) is 0. The minimum Gasteiger partial charge on any atom is -0.493 e. The molecule has 3 atom stereocenters. The van der Waals surface area contributed by atoms with Gasteiger partial charge < -0.3 is 28.4 Å². The highest BCUT2D eigenvalue weighted by molar-refractivity contribution is 5.56. The molecule has 0 aromatic heterocycles. The summed E-state index contributed by atoms with van der Waals surface area (Å²) in [6.07, 6.45) is 0.130. The molecule has 7 nitrogen and oxygen atoms in total. The van der Waals surface area contributed by atoms with Crippen molar-refractivity contribution in [1.82, 2.24) is 4.90 Å². The smallest absolute Gasteiger partial charge is 0.231 e. The molecule has 2 aromatic carbocycles. The number of benzene rings is 2. The summed E-state index contributed by atoms with van der Waals surface area (Å²) in [4.78, 5) is 2.33. The van der Waals surface area contributed by atoms with Gasteiger partial charge in [0.25, 0.3) is 0 Å². The monoisotopic (exact) mass is 399 g/mol. The fourth-order valence-corrected chi connectivity index (χ4v) is 4.69. The van der Waals surface area contributed by atoms with E-state index in [1.165, 1.54) is 5.56 Å². The molecule has 3 heterocycles. The first-order valence-electron chi connectivity index (χ1n) is 9.72. The zero-order chi connectivity index (χ0) is 20.1. The predicted octanol–water partition coefficient (Wildman–Crippen LogP) is 3.38. The Morgan fingerprint density at radius 3 is 2.55 bits per heavy atom. The summed E-state index contributed by atoms with van der Waals surface area (Å²) in [5.74, 6) is 2.88. The first kappa shape index (κ1) is 18.5. The number of likely N-dealkylation sites (N-methyl/N-ethyl adjacent to an activating group) is 1. The Hall–Kier alpha value is -2.48. The zero-order valence-corrected chi connectivity index (χ0v) is 17.1. The average Bonchev–Trinajstić information content (AvgIpc) is 3.19. The summed E-state index contributed by atoms with van der Waals surface area (Å²) < 4.78 is 34.7. The molecule has 0 N–H and O–H groups in total. The van der Waals surface area contributed by atoms with Gasteiger partial charge in [-0.3, -0.25) is 4.90 Å². The van der Waals surface area contributed by atoms with E-state index < -0.39 is 6.29 Å². The third-order valence-corrected chi connectivity index (χ3v) is 6.10. The molecule has 29 heavy (non-hydrogen) atoms. The Kier molecular flexibility index (Phi) is 4.53. The first-order chi connectivity index (χ1) is 14.2. The Balaban J connectivity index is 1.69. The van der Waals surface area contributed by atoms with Gasteiger partial charge in [0.1, 0.15) is 6.10 Å². The number of hydrogen-bond donors (Lipinski definition) is 0. The molecule has 3 aliphatic rings. The van der Waals surface area contributed by atoms with E-state index in [2.05, 4.69) is 24.1 Å². The first-order valence-corrected chi connectivity index (χ1v) is 9.72. The molecule has 0 fully saturated rings. The van der Waals surface area contributed by atoms with Gasteiger partial charge >= 0.3 is 0 Å². The second-order valence-corrected chi connectivity index (χ2v) is 7.51. The van der Waals surface area contributed by atoms with Gasteiger partial charge in [0.05, 0.1) is 25.8 Å². The predicted molar refractivity (Wildman–Crippen MR) is 105 cm³/mol.